The normalized spacial score (nSPS) is 23.9. The Hall–Kier alpha value is -0.640. The largest absolute Gasteiger partial charge is 0.372 e. The van der Waals surface area contributed by atoms with E-state index in [1.165, 1.54) is 38.5 Å². The highest BCUT2D eigenvalue weighted by Crippen LogP contribution is 2.36. The number of anilines is 1. The first-order valence-corrected chi connectivity index (χ1v) is 7.74. The maximum atomic E-state index is 4.62. The lowest BCUT2D eigenvalue weighted by Crippen LogP contribution is -2.15. The van der Waals surface area contributed by atoms with Crippen LogP contribution in [0.1, 0.15) is 57.2 Å². The van der Waals surface area contributed by atoms with E-state index in [1.807, 2.05) is 13.2 Å². The van der Waals surface area contributed by atoms with Gasteiger partial charge < -0.3 is 5.32 Å². The standard InChI is InChI=1S/C14H22BrN3/c1-3-4-10-5-7-11(8-6-10)13-17-9-12(15)14(16-2)18-13/h9-11H,3-8H2,1-2H3,(H,16,17,18). The predicted molar refractivity (Wildman–Crippen MR) is 78.9 cm³/mol. The van der Waals surface area contributed by atoms with Gasteiger partial charge in [0.2, 0.25) is 0 Å². The topological polar surface area (TPSA) is 37.8 Å². The van der Waals surface area contributed by atoms with Crippen molar-refractivity contribution in [3.8, 4) is 0 Å². The zero-order chi connectivity index (χ0) is 13.0. The van der Waals surface area contributed by atoms with Gasteiger partial charge in [-0.1, -0.05) is 19.8 Å². The molecule has 0 saturated heterocycles. The van der Waals surface area contributed by atoms with Crippen LogP contribution in [0, 0.1) is 5.92 Å². The van der Waals surface area contributed by atoms with Crippen LogP contribution in [0.15, 0.2) is 10.7 Å². The van der Waals surface area contributed by atoms with E-state index >= 15 is 0 Å². The van der Waals surface area contributed by atoms with Crippen LogP contribution in [0.5, 0.6) is 0 Å². The molecule has 3 nitrogen and oxygen atoms in total. The molecule has 1 N–H and O–H groups in total. The van der Waals surface area contributed by atoms with Gasteiger partial charge in [-0.15, -0.1) is 0 Å². The second kappa shape index (κ2) is 6.50. The molecular formula is C14H22BrN3. The van der Waals surface area contributed by atoms with E-state index in [0.717, 1.165) is 22.0 Å². The van der Waals surface area contributed by atoms with Gasteiger partial charge in [0.1, 0.15) is 11.6 Å². The molecule has 0 bridgehead atoms. The summed E-state index contributed by atoms with van der Waals surface area (Å²) in [5.74, 6) is 3.40. The molecule has 1 fully saturated rings. The molecule has 1 aliphatic carbocycles. The molecule has 0 aromatic carbocycles. The lowest BCUT2D eigenvalue weighted by atomic mass is 9.80. The molecule has 18 heavy (non-hydrogen) atoms. The third-order valence-electron chi connectivity index (χ3n) is 3.91. The Kier molecular flexibility index (Phi) is 4.98. The summed E-state index contributed by atoms with van der Waals surface area (Å²) in [6.07, 6.45) is 9.74. The first-order valence-electron chi connectivity index (χ1n) is 6.94. The van der Waals surface area contributed by atoms with Crippen molar-refractivity contribution >= 4 is 21.7 Å². The van der Waals surface area contributed by atoms with Gasteiger partial charge in [-0.05, 0) is 47.5 Å². The smallest absolute Gasteiger partial charge is 0.143 e. The summed E-state index contributed by atoms with van der Waals surface area (Å²) in [4.78, 5) is 9.10. The van der Waals surface area contributed by atoms with Gasteiger partial charge in [-0.25, -0.2) is 9.97 Å². The summed E-state index contributed by atoms with van der Waals surface area (Å²) in [7, 11) is 1.90. The number of hydrogen-bond donors (Lipinski definition) is 1. The van der Waals surface area contributed by atoms with Gasteiger partial charge in [-0.2, -0.15) is 0 Å². The van der Waals surface area contributed by atoms with Gasteiger partial charge >= 0.3 is 0 Å². The fraction of sp³-hybridized carbons (Fsp3) is 0.714. The van der Waals surface area contributed by atoms with Crippen LogP contribution in [0.25, 0.3) is 0 Å². The summed E-state index contributed by atoms with van der Waals surface area (Å²) < 4.78 is 0.938. The van der Waals surface area contributed by atoms with Crippen LogP contribution < -0.4 is 5.32 Å². The van der Waals surface area contributed by atoms with Crippen molar-refractivity contribution in [1.82, 2.24) is 9.97 Å². The first-order chi connectivity index (χ1) is 8.74. The molecule has 1 heterocycles. The van der Waals surface area contributed by atoms with Gasteiger partial charge in [0, 0.05) is 19.2 Å². The zero-order valence-corrected chi connectivity index (χ0v) is 12.8. The molecule has 0 radical (unpaired) electrons. The minimum Gasteiger partial charge on any atom is -0.372 e. The fourth-order valence-corrected chi connectivity index (χ4v) is 3.26. The summed E-state index contributed by atoms with van der Waals surface area (Å²) in [6.45, 7) is 2.28. The Morgan fingerprint density at radius 3 is 2.67 bits per heavy atom. The number of nitrogens with zero attached hydrogens (tertiary/aromatic N) is 2. The monoisotopic (exact) mass is 311 g/mol. The molecule has 2 rings (SSSR count). The molecular weight excluding hydrogens is 290 g/mol. The highest BCUT2D eigenvalue weighted by atomic mass is 79.9. The number of nitrogens with one attached hydrogen (secondary N) is 1. The molecule has 0 aliphatic heterocycles. The molecule has 1 saturated carbocycles. The van der Waals surface area contributed by atoms with E-state index < -0.39 is 0 Å². The van der Waals surface area contributed by atoms with Crippen LogP contribution in [0.3, 0.4) is 0 Å². The van der Waals surface area contributed by atoms with Crippen molar-refractivity contribution in [3.63, 3.8) is 0 Å². The Morgan fingerprint density at radius 2 is 2.06 bits per heavy atom. The third-order valence-corrected chi connectivity index (χ3v) is 4.49. The molecule has 0 unspecified atom stereocenters. The molecule has 1 aliphatic rings. The van der Waals surface area contributed by atoms with E-state index in [9.17, 15) is 0 Å². The first kappa shape index (κ1) is 13.8. The quantitative estimate of drug-likeness (QED) is 0.898. The number of aromatic nitrogens is 2. The highest BCUT2D eigenvalue weighted by Gasteiger charge is 2.24. The third kappa shape index (κ3) is 3.22. The van der Waals surface area contributed by atoms with E-state index in [1.54, 1.807) is 0 Å². The molecule has 100 valence electrons. The van der Waals surface area contributed by atoms with E-state index in [2.05, 4.69) is 38.1 Å². The minimum absolute atomic E-state index is 0.554. The summed E-state index contributed by atoms with van der Waals surface area (Å²) in [6, 6.07) is 0. The second-order valence-electron chi connectivity index (χ2n) is 5.18. The SMILES string of the molecule is CCCC1CCC(c2ncc(Br)c(NC)n2)CC1. The van der Waals surface area contributed by atoms with Crippen molar-refractivity contribution in [2.75, 3.05) is 12.4 Å². The average Bonchev–Trinajstić information content (AvgIpc) is 2.41. The molecule has 4 heteroatoms. The van der Waals surface area contributed by atoms with Gasteiger partial charge in [0.15, 0.2) is 0 Å². The maximum Gasteiger partial charge on any atom is 0.143 e. The number of hydrogen-bond acceptors (Lipinski definition) is 3. The summed E-state index contributed by atoms with van der Waals surface area (Å²) >= 11 is 3.46. The van der Waals surface area contributed by atoms with Crippen molar-refractivity contribution in [3.05, 3.63) is 16.5 Å². The van der Waals surface area contributed by atoms with Crippen LogP contribution in [0.2, 0.25) is 0 Å². The Labute approximate surface area is 118 Å². The van der Waals surface area contributed by atoms with E-state index in [4.69, 9.17) is 0 Å². The fourth-order valence-electron chi connectivity index (χ4n) is 2.87. The summed E-state index contributed by atoms with van der Waals surface area (Å²) in [5, 5.41) is 3.11. The summed E-state index contributed by atoms with van der Waals surface area (Å²) in [5.41, 5.74) is 0. The number of rotatable bonds is 4. The van der Waals surface area contributed by atoms with Crippen LogP contribution in [-0.2, 0) is 0 Å². The van der Waals surface area contributed by atoms with Gasteiger partial charge in [0.25, 0.3) is 0 Å². The van der Waals surface area contributed by atoms with Crippen LogP contribution >= 0.6 is 15.9 Å². The predicted octanol–water partition coefficient (Wildman–Crippen LogP) is 4.35. The zero-order valence-electron chi connectivity index (χ0n) is 11.2. The maximum absolute atomic E-state index is 4.62. The Morgan fingerprint density at radius 1 is 1.33 bits per heavy atom. The lowest BCUT2D eigenvalue weighted by molar-refractivity contribution is 0.302. The average molecular weight is 312 g/mol. The van der Waals surface area contributed by atoms with Gasteiger partial charge in [-0.3, -0.25) is 0 Å². The molecule has 0 spiro atoms. The lowest BCUT2D eigenvalue weighted by Gasteiger charge is -2.27. The Balaban J connectivity index is 2.01. The van der Waals surface area contributed by atoms with Crippen molar-refractivity contribution in [2.24, 2.45) is 5.92 Å². The van der Waals surface area contributed by atoms with Crippen molar-refractivity contribution in [1.29, 1.82) is 0 Å². The minimum atomic E-state index is 0.554. The Bertz CT molecular complexity index is 387. The molecule has 1 aromatic heterocycles. The molecule has 0 atom stereocenters. The van der Waals surface area contributed by atoms with E-state index in [-0.39, 0.29) is 0 Å². The van der Waals surface area contributed by atoms with Gasteiger partial charge in [0.05, 0.1) is 4.47 Å². The second-order valence-corrected chi connectivity index (χ2v) is 6.04. The highest BCUT2D eigenvalue weighted by molar-refractivity contribution is 9.10. The van der Waals surface area contributed by atoms with Crippen molar-refractivity contribution in [2.45, 2.75) is 51.4 Å². The van der Waals surface area contributed by atoms with Crippen molar-refractivity contribution < 1.29 is 0 Å². The van der Waals surface area contributed by atoms with Crippen LogP contribution in [-0.4, -0.2) is 17.0 Å². The molecule has 0 amide bonds. The molecule has 1 aromatic rings. The number of halogens is 1. The van der Waals surface area contributed by atoms with Crippen LogP contribution in [0.4, 0.5) is 5.82 Å². The van der Waals surface area contributed by atoms with E-state index in [0.29, 0.717) is 5.92 Å².